The summed E-state index contributed by atoms with van der Waals surface area (Å²) >= 11 is 0. The minimum absolute atomic E-state index is 0.00849. The second kappa shape index (κ2) is 10.3. The molecule has 1 rings (SSSR count). The Balaban J connectivity index is 0.000000354. The van der Waals surface area contributed by atoms with Crippen LogP contribution in [-0.4, -0.2) is 38.5 Å². The molecule has 1 heterocycles. The topological polar surface area (TPSA) is 83.8 Å². The Morgan fingerprint density at radius 1 is 1.35 bits per heavy atom. The monoisotopic (exact) mass is 262 g/mol. The van der Waals surface area contributed by atoms with Crippen LogP contribution in [0.3, 0.4) is 0 Å². The van der Waals surface area contributed by atoms with E-state index in [0.29, 0.717) is 12.8 Å². The maximum atomic E-state index is 10.4. The second-order valence-corrected chi connectivity index (χ2v) is 5.62. The molecule has 0 bridgehead atoms. The van der Waals surface area contributed by atoms with Crippen molar-refractivity contribution in [1.29, 1.82) is 0 Å². The van der Waals surface area contributed by atoms with Gasteiger partial charge in [-0.05, 0) is 18.9 Å². The fraction of sp³-hybridized carbons (Fsp3) is 0.818. The van der Waals surface area contributed by atoms with Crippen molar-refractivity contribution in [2.75, 3.05) is 6.61 Å². The summed E-state index contributed by atoms with van der Waals surface area (Å²) in [4.78, 5) is 20.5. The molecule has 5 nitrogen and oxygen atoms in total. The molecule has 1 saturated heterocycles. The van der Waals surface area contributed by atoms with Crippen molar-refractivity contribution in [3.8, 4) is 0 Å². The minimum atomic E-state index is -1.05. The molecule has 1 atom stereocenters. The first kappa shape index (κ1) is 16.1. The molecular formula is C11H22O5Si. The van der Waals surface area contributed by atoms with Gasteiger partial charge in [0.25, 0.3) is 0 Å². The third kappa shape index (κ3) is 10.0. The highest BCUT2D eigenvalue weighted by atomic mass is 28.2. The molecule has 0 aliphatic carbocycles. The van der Waals surface area contributed by atoms with Gasteiger partial charge in [-0.2, -0.15) is 0 Å². The zero-order valence-corrected chi connectivity index (χ0v) is 11.8. The third-order valence-electron chi connectivity index (χ3n) is 2.48. The first-order valence-corrected chi connectivity index (χ1v) is 7.68. The fourth-order valence-corrected chi connectivity index (χ4v) is 2.73. The Morgan fingerprint density at radius 2 is 2.06 bits per heavy atom. The molecule has 0 amide bonds. The van der Waals surface area contributed by atoms with Gasteiger partial charge in [0, 0.05) is 6.61 Å². The first-order chi connectivity index (χ1) is 8.07. The number of hydrogen-bond donors (Lipinski definition) is 2. The van der Waals surface area contributed by atoms with Gasteiger partial charge in [0.1, 0.15) is 0 Å². The van der Waals surface area contributed by atoms with Gasteiger partial charge >= 0.3 is 11.9 Å². The predicted octanol–water partition coefficient (Wildman–Crippen LogP) is 1.26. The van der Waals surface area contributed by atoms with Gasteiger partial charge in [-0.3, -0.25) is 9.59 Å². The van der Waals surface area contributed by atoms with Gasteiger partial charge in [0.2, 0.25) is 0 Å². The first-order valence-electron chi connectivity index (χ1n) is 6.10. The lowest BCUT2D eigenvalue weighted by Gasteiger charge is -2.07. The van der Waals surface area contributed by atoms with Crippen LogP contribution in [0.4, 0.5) is 0 Å². The van der Waals surface area contributed by atoms with Gasteiger partial charge < -0.3 is 14.6 Å². The Hall–Kier alpha value is -0.883. The summed E-state index contributed by atoms with van der Waals surface area (Å²) in [6.07, 6.45) is 3.61. The Morgan fingerprint density at radius 3 is 2.29 bits per heavy atom. The number of carboxylic acid groups (broad SMARTS) is 2. The average molecular weight is 262 g/mol. The smallest absolute Gasteiger partial charge is 0.307 e. The average Bonchev–Trinajstić information content (AvgIpc) is 2.31. The highest BCUT2D eigenvalue weighted by Gasteiger charge is 2.19. The van der Waals surface area contributed by atoms with E-state index in [-0.39, 0.29) is 16.2 Å². The lowest BCUT2D eigenvalue weighted by molar-refractivity contribution is -0.148. The van der Waals surface area contributed by atoms with E-state index in [0.717, 1.165) is 6.61 Å². The predicted molar refractivity (Wildman–Crippen MR) is 66.8 cm³/mol. The Bertz CT molecular complexity index is 216. The summed E-state index contributed by atoms with van der Waals surface area (Å²) < 4.78 is 5.21. The lowest BCUT2D eigenvalue weighted by atomic mass is 10.0. The van der Waals surface area contributed by atoms with Crippen molar-refractivity contribution in [1.82, 2.24) is 0 Å². The van der Waals surface area contributed by atoms with Crippen molar-refractivity contribution in [3.63, 3.8) is 0 Å². The van der Waals surface area contributed by atoms with E-state index in [4.69, 9.17) is 14.6 Å². The number of rotatable bonds is 5. The molecule has 0 aromatic heterocycles. The van der Waals surface area contributed by atoms with Crippen LogP contribution in [-0.2, 0) is 14.0 Å². The van der Waals surface area contributed by atoms with Crippen LogP contribution in [0.2, 0.25) is 6.04 Å². The molecule has 6 heteroatoms. The molecule has 0 radical (unpaired) electrons. The molecule has 2 N–H and O–H groups in total. The number of hydrogen-bond acceptors (Lipinski definition) is 3. The normalized spacial score (nSPS) is 17.9. The largest absolute Gasteiger partial charge is 0.481 e. The molecule has 1 fully saturated rings. The van der Waals surface area contributed by atoms with E-state index in [9.17, 15) is 9.59 Å². The summed E-state index contributed by atoms with van der Waals surface area (Å²) in [5, 5.41) is 16.8. The molecule has 0 spiro atoms. The van der Waals surface area contributed by atoms with E-state index in [2.05, 4.69) is 0 Å². The number of carbonyl (C=O) groups is 2. The lowest BCUT2D eigenvalue weighted by Crippen LogP contribution is -2.17. The van der Waals surface area contributed by atoms with Gasteiger partial charge in [0.05, 0.1) is 12.3 Å². The van der Waals surface area contributed by atoms with E-state index >= 15 is 0 Å². The van der Waals surface area contributed by atoms with E-state index < -0.39 is 17.9 Å². The van der Waals surface area contributed by atoms with E-state index in [1.807, 2.05) is 6.92 Å². The maximum Gasteiger partial charge on any atom is 0.307 e. The van der Waals surface area contributed by atoms with Crippen LogP contribution < -0.4 is 0 Å². The molecule has 1 aliphatic rings. The second-order valence-electron chi connectivity index (χ2n) is 4.09. The van der Waals surface area contributed by atoms with Crippen LogP contribution in [0.5, 0.6) is 0 Å². The highest BCUT2D eigenvalue weighted by Crippen LogP contribution is 2.10. The molecule has 0 aromatic rings. The Labute approximate surface area is 104 Å². The van der Waals surface area contributed by atoms with Crippen LogP contribution in [0, 0.1) is 5.92 Å². The molecule has 1 unspecified atom stereocenters. The van der Waals surface area contributed by atoms with Crippen molar-refractivity contribution in [2.24, 2.45) is 5.92 Å². The maximum absolute atomic E-state index is 10.4. The Kier molecular flexibility index (Phi) is 9.75. The van der Waals surface area contributed by atoms with Gasteiger partial charge in [-0.25, -0.2) is 0 Å². The number of carboxylic acids is 2. The van der Waals surface area contributed by atoms with E-state index in [1.54, 1.807) is 0 Å². The van der Waals surface area contributed by atoms with Gasteiger partial charge in [-0.1, -0.05) is 19.8 Å². The summed E-state index contributed by atoms with van der Waals surface area (Å²) in [6, 6.07) is 1.42. The van der Waals surface area contributed by atoms with Gasteiger partial charge in [-0.15, -0.1) is 0 Å². The van der Waals surface area contributed by atoms with Gasteiger partial charge in [0.15, 0.2) is 9.76 Å². The van der Waals surface area contributed by atoms with Crippen molar-refractivity contribution in [2.45, 2.75) is 45.1 Å². The van der Waals surface area contributed by atoms with Crippen molar-refractivity contribution in [3.05, 3.63) is 0 Å². The zero-order valence-electron chi connectivity index (χ0n) is 10.4. The zero-order chi connectivity index (χ0) is 13.1. The molecular weight excluding hydrogens is 240 g/mol. The summed E-state index contributed by atoms with van der Waals surface area (Å²) in [7, 11) is 0.00849. The quantitative estimate of drug-likeness (QED) is 0.729. The van der Waals surface area contributed by atoms with Crippen LogP contribution in [0.25, 0.3) is 0 Å². The minimum Gasteiger partial charge on any atom is -0.481 e. The summed E-state index contributed by atoms with van der Waals surface area (Å²) in [5.41, 5.74) is 0. The van der Waals surface area contributed by atoms with Crippen LogP contribution >= 0.6 is 0 Å². The molecule has 0 aromatic carbocycles. The summed E-state index contributed by atoms with van der Waals surface area (Å²) in [5.74, 6) is -2.79. The third-order valence-corrected chi connectivity index (χ3v) is 3.85. The van der Waals surface area contributed by atoms with E-state index in [1.165, 1.54) is 18.9 Å². The SMILES string of the molecule is C1CC[SiH2]OC1.CCCC(CC(=O)O)C(=O)O. The number of aliphatic carboxylic acids is 2. The molecule has 100 valence electrons. The summed E-state index contributed by atoms with van der Waals surface area (Å²) in [6.45, 7) is 2.89. The molecule has 17 heavy (non-hydrogen) atoms. The standard InChI is InChI=1S/C7H12O4.C4H10OSi/c1-2-3-5(7(10)11)4-6(8)9;1-2-4-6-5-3-1/h5H,2-4H2,1H3,(H,8,9)(H,10,11);1-4,6H2. The van der Waals surface area contributed by atoms with Crippen molar-refractivity contribution < 1.29 is 24.2 Å². The molecule has 0 saturated carbocycles. The van der Waals surface area contributed by atoms with Crippen LogP contribution in [0.15, 0.2) is 0 Å². The van der Waals surface area contributed by atoms with Crippen molar-refractivity contribution >= 4 is 21.7 Å². The molecule has 1 aliphatic heterocycles. The fourth-order valence-electron chi connectivity index (χ4n) is 1.56. The van der Waals surface area contributed by atoms with Crippen LogP contribution in [0.1, 0.15) is 39.0 Å². The highest BCUT2D eigenvalue weighted by molar-refractivity contribution is 6.27.